The minimum Gasteiger partial charge on any atom is -0.490 e. The van der Waals surface area contributed by atoms with E-state index in [4.69, 9.17) is 9.47 Å². The minimum atomic E-state index is -0.00722. The van der Waals surface area contributed by atoms with Crippen molar-refractivity contribution in [3.05, 3.63) is 83.4 Å². The van der Waals surface area contributed by atoms with Crippen LogP contribution in [-0.4, -0.2) is 30.6 Å². The van der Waals surface area contributed by atoms with Gasteiger partial charge >= 0.3 is 0 Å². The van der Waals surface area contributed by atoms with Gasteiger partial charge in [-0.1, -0.05) is 42.5 Å². The van der Waals surface area contributed by atoms with Crippen LogP contribution >= 0.6 is 0 Å². The molecule has 1 amide bonds. The lowest BCUT2D eigenvalue weighted by atomic mass is 9.92. The Balaban J connectivity index is 1.39. The van der Waals surface area contributed by atoms with E-state index in [1.807, 2.05) is 47.4 Å². The summed E-state index contributed by atoms with van der Waals surface area (Å²) in [4.78, 5) is 15.2. The van der Waals surface area contributed by atoms with Gasteiger partial charge in [-0.2, -0.15) is 0 Å². The van der Waals surface area contributed by atoms with Crippen LogP contribution in [0.4, 0.5) is 0 Å². The molecule has 0 saturated carbocycles. The highest BCUT2D eigenvalue weighted by Gasteiger charge is 2.30. The Morgan fingerprint density at radius 1 is 0.900 bits per heavy atom. The zero-order valence-electron chi connectivity index (χ0n) is 17.1. The normalized spacial score (nSPS) is 17.8. The number of ether oxygens (including phenoxy) is 2. The molecule has 3 aromatic carbocycles. The first-order valence-corrected chi connectivity index (χ1v) is 10.6. The topological polar surface area (TPSA) is 38.8 Å². The average molecular weight is 399 g/mol. The quantitative estimate of drug-likeness (QED) is 0.589. The second-order valence-corrected chi connectivity index (χ2v) is 7.92. The van der Waals surface area contributed by atoms with Crippen LogP contribution in [0.3, 0.4) is 0 Å². The molecule has 0 aromatic heterocycles. The van der Waals surface area contributed by atoms with Crippen LogP contribution in [0.15, 0.2) is 66.7 Å². The molecule has 1 atom stereocenters. The van der Waals surface area contributed by atoms with E-state index in [0.717, 1.165) is 46.6 Å². The van der Waals surface area contributed by atoms with Gasteiger partial charge in [-0.15, -0.1) is 0 Å². The van der Waals surface area contributed by atoms with Gasteiger partial charge in [0, 0.05) is 18.5 Å². The van der Waals surface area contributed by atoms with Crippen LogP contribution in [0.25, 0.3) is 11.1 Å². The lowest BCUT2D eigenvalue weighted by Gasteiger charge is -2.36. The molecular formula is C26H25NO3. The Hall–Kier alpha value is -3.27. The monoisotopic (exact) mass is 399 g/mol. The van der Waals surface area contributed by atoms with Gasteiger partial charge < -0.3 is 14.4 Å². The van der Waals surface area contributed by atoms with Crippen LogP contribution in [0, 0.1) is 0 Å². The summed E-state index contributed by atoms with van der Waals surface area (Å²) in [6, 6.07) is 22.3. The smallest absolute Gasteiger partial charge is 0.254 e. The van der Waals surface area contributed by atoms with Gasteiger partial charge in [-0.25, -0.2) is 0 Å². The Bertz CT molecular complexity index is 1060. The zero-order valence-corrected chi connectivity index (χ0v) is 17.1. The predicted octanol–water partition coefficient (Wildman–Crippen LogP) is 5.27. The van der Waals surface area contributed by atoms with Gasteiger partial charge in [0.1, 0.15) is 0 Å². The first-order valence-electron chi connectivity index (χ1n) is 10.6. The molecule has 0 bridgehead atoms. The third kappa shape index (κ3) is 3.43. The second kappa shape index (κ2) is 7.86. The van der Waals surface area contributed by atoms with Gasteiger partial charge in [0.2, 0.25) is 0 Å². The Morgan fingerprint density at radius 3 is 2.30 bits per heavy atom. The van der Waals surface area contributed by atoms with E-state index >= 15 is 0 Å². The fraction of sp³-hybridized carbons (Fsp3) is 0.269. The molecule has 0 radical (unpaired) electrons. The molecule has 5 rings (SSSR count). The number of rotatable bonds is 2. The van der Waals surface area contributed by atoms with Crippen LogP contribution in [-0.2, 0) is 6.42 Å². The fourth-order valence-corrected chi connectivity index (χ4v) is 4.35. The van der Waals surface area contributed by atoms with E-state index in [1.165, 1.54) is 5.56 Å². The third-order valence-corrected chi connectivity index (χ3v) is 6.05. The van der Waals surface area contributed by atoms with Crippen LogP contribution < -0.4 is 9.47 Å². The fourth-order valence-electron chi connectivity index (χ4n) is 4.35. The predicted molar refractivity (Wildman–Crippen MR) is 117 cm³/mol. The van der Waals surface area contributed by atoms with E-state index in [0.29, 0.717) is 19.8 Å². The molecule has 2 aliphatic rings. The summed E-state index contributed by atoms with van der Waals surface area (Å²) < 4.78 is 11.7. The first-order chi connectivity index (χ1) is 14.7. The number of carbonyl (C=O) groups excluding carboxylic acids is 1. The molecule has 0 unspecified atom stereocenters. The van der Waals surface area contributed by atoms with E-state index < -0.39 is 0 Å². The maximum atomic E-state index is 13.3. The standard InChI is InChI=1S/C26H25NO3/c1-18-23-17-25-24(29-14-5-15-30-25)16-22(23)12-13-27(18)26(28)21-10-8-20(9-11-21)19-6-3-2-4-7-19/h2-4,6-11,16-18H,5,12-15H2,1H3/t18-/m0/s1. The summed E-state index contributed by atoms with van der Waals surface area (Å²) in [6.07, 6.45) is 1.71. The van der Waals surface area contributed by atoms with E-state index in [9.17, 15) is 4.79 Å². The molecular weight excluding hydrogens is 374 g/mol. The summed E-state index contributed by atoms with van der Waals surface area (Å²) in [5.41, 5.74) is 5.39. The van der Waals surface area contributed by atoms with Crippen molar-refractivity contribution in [2.24, 2.45) is 0 Å². The molecule has 4 heteroatoms. The molecule has 2 aliphatic heterocycles. The molecule has 152 valence electrons. The molecule has 0 aliphatic carbocycles. The molecule has 0 spiro atoms. The number of hydrogen-bond acceptors (Lipinski definition) is 3. The van der Waals surface area contributed by atoms with Crippen LogP contribution in [0.2, 0.25) is 0 Å². The van der Waals surface area contributed by atoms with Crippen molar-refractivity contribution < 1.29 is 14.3 Å². The van der Waals surface area contributed by atoms with Crippen molar-refractivity contribution in [1.82, 2.24) is 4.90 Å². The maximum Gasteiger partial charge on any atom is 0.254 e. The van der Waals surface area contributed by atoms with Crippen LogP contribution in [0.1, 0.15) is 40.9 Å². The highest BCUT2D eigenvalue weighted by atomic mass is 16.5. The Labute approximate surface area is 177 Å². The van der Waals surface area contributed by atoms with Gasteiger partial charge in [0.15, 0.2) is 11.5 Å². The Morgan fingerprint density at radius 2 is 1.57 bits per heavy atom. The van der Waals surface area contributed by atoms with Crippen molar-refractivity contribution in [2.45, 2.75) is 25.8 Å². The van der Waals surface area contributed by atoms with Gasteiger partial charge in [0.25, 0.3) is 5.91 Å². The highest BCUT2D eigenvalue weighted by molar-refractivity contribution is 5.95. The summed E-state index contributed by atoms with van der Waals surface area (Å²) in [6.45, 7) is 4.15. The van der Waals surface area contributed by atoms with Gasteiger partial charge in [-0.05, 0) is 59.9 Å². The summed E-state index contributed by atoms with van der Waals surface area (Å²) >= 11 is 0. The number of fused-ring (bicyclic) bond motifs is 2. The van der Waals surface area contributed by atoms with Crippen LogP contribution in [0.5, 0.6) is 11.5 Å². The molecule has 2 heterocycles. The third-order valence-electron chi connectivity index (χ3n) is 6.05. The van der Waals surface area contributed by atoms with Gasteiger partial charge in [-0.3, -0.25) is 4.79 Å². The number of nitrogens with zero attached hydrogens (tertiary/aromatic N) is 1. The van der Waals surface area contributed by atoms with Crippen molar-refractivity contribution in [1.29, 1.82) is 0 Å². The van der Waals surface area contributed by atoms with Crippen molar-refractivity contribution in [2.75, 3.05) is 19.8 Å². The highest BCUT2D eigenvalue weighted by Crippen LogP contribution is 2.39. The molecule has 0 N–H and O–H groups in total. The molecule has 0 saturated heterocycles. The molecule has 30 heavy (non-hydrogen) atoms. The lowest BCUT2D eigenvalue weighted by Crippen LogP contribution is -2.38. The minimum absolute atomic E-state index is 0.00722. The largest absolute Gasteiger partial charge is 0.490 e. The molecule has 3 aromatic rings. The molecule has 0 fully saturated rings. The second-order valence-electron chi connectivity index (χ2n) is 7.92. The van der Waals surface area contributed by atoms with E-state index in [1.54, 1.807) is 0 Å². The number of hydrogen-bond donors (Lipinski definition) is 0. The molecule has 4 nitrogen and oxygen atoms in total. The zero-order chi connectivity index (χ0) is 20.5. The van der Waals surface area contributed by atoms with E-state index in [2.05, 4.69) is 31.2 Å². The Kier molecular flexibility index (Phi) is 4.91. The van der Waals surface area contributed by atoms with Crippen molar-refractivity contribution in [3.8, 4) is 22.6 Å². The number of benzene rings is 3. The number of carbonyl (C=O) groups is 1. The lowest BCUT2D eigenvalue weighted by molar-refractivity contribution is 0.0677. The summed E-state index contributed by atoms with van der Waals surface area (Å²) in [5.74, 6) is 1.69. The summed E-state index contributed by atoms with van der Waals surface area (Å²) in [5, 5.41) is 0. The summed E-state index contributed by atoms with van der Waals surface area (Å²) in [7, 11) is 0. The first kappa shape index (κ1) is 18.7. The van der Waals surface area contributed by atoms with E-state index in [-0.39, 0.29) is 11.9 Å². The SMILES string of the molecule is C[C@H]1c2cc3c(cc2CCN1C(=O)c1ccc(-c2ccccc2)cc1)OCCCO3. The average Bonchev–Trinajstić information content (AvgIpc) is 3.03. The number of amides is 1. The van der Waals surface area contributed by atoms with Crippen molar-refractivity contribution >= 4 is 5.91 Å². The van der Waals surface area contributed by atoms with Crippen molar-refractivity contribution in [3.63, 3.8) is 0 Å². The van der Waals surface area contributed by atoms with Gasteiger partial charge in [0.05, 0.1) is 19.3 Å². The maximum absolute atomic E-state index is 13.3.